The molecule has 8 nitrogen and oxygen atoms in total. The first-order chi connectivity index (χ1) is 14.9. The molecule has 0 aliphatic carbocycles. The molecule has 0 radical (unpaired) electrons. The second kappa shape index (κ2) is 8.52. The minimum Gasteiger partial charge on any atom is -0.441 e. The van der Waals surface area contributed by atoms with Crippen LogP contribution in [-0.2, 0) is 17.8 Å². The second-order valence-electron chi connectivity index (χ2n) is 7.87. The number of rotatable bonds is 5. The largest absolute Gasteiger partial charge is 0.441 e. The van der Waals surface area contributed by atoms with E-state index < -0.39 is 18.0 Å². The topological polar surface area (TPSA) is 94.6 Å². The number of hydrazone groups is 1. The molecule has 1 atom stereocenters. The van der Waals surface area contributed by atoms with Gasteiger partial charge in [-0.15, -0.1) is 0 Å². The lowest BCUT2D eigenvalue weighted by molar-refractivity contribution is 0.0963. The first-order valence-electron chi connectivity index (χ1n) is 10.1. The van der Waals surface area contributed by atoms with E-state index in [4.69, 9.17) is 10.5 Å². The van der Waals surface area contributed by atoms with Crippen LogP contribution in [0.25, 0.3) is 11.1 Å². The lowest BCUT2D eigenvalue weighted by Crippen LogP contribution is -2.33. The fraction of sp³-hybridized carbons (Fsp3) is 0.364. The van der Waals surface area contributed by atoms with E-state index in [0.29, 0.717) is 30.9 Å². The second-order valence-corrected chi connectivity index (χ2v) is 7.87. The van der Waals surface area contributed by atoms with Gasteiger partial charge < -0.3 is 25.5 Å². The lowest BCUT2D eigenvalue weighted by atomic mass is 10.00. The third-order valence-corrected chi connectivity index (χ3v) is 5.44. The Morgan fingerprint density at radius 1 is 1.26 bits per heavy atom. The van der Waals surface area contributed by atoms with Gasteiger partial charge in [0.25, 0.3) is 0 Å². The zero-order valence-corrected chi connectivity index (χ0v) is 17.6. The van der Waals surface area contributed by atoms with E-state index in [1.807, 2.05) is 32.3 Å². The number of nitrogens with two attached hydrogens (primary N) is 1. The van der Waals surface area contributed by atoms with E-state index in [0.717, 1.165) is 22.5 Å². The Bertz CT molecular complexity index is 1030. The number of nitrogens with zero attached hydrogens (tertiary/aromatic N) is 4. The summed E-state index contributed by atoms with van der Waals surface area (Å²) >= 11 is 0. The molecule has 31 heavy (non-hydrogen) atoms. The van der Waals surface area contributed by atoms with Crippen LogP contribution in [0.3, 0.4) is 0 Å². The SMILES string of the molecule is CN(C)/N=C(/CN)N1Cc2ccc(-c3ccc(N4CC(CO)OC4=O)cc3F)cc2C1. The Kier molecular flexibility index (Phi) is 5.79. The molecule has 0 spiro atoms. The molecule has 0 bridgehead atoms. The van der Waals surface area contributed by atoms with Crippen LogP contribution in [0.2, 0.25) is 0 Å². The predicted molar refractivity (Wildman–Crippen MR) is 116 cm³/mol. The fourth-order valence-electron chi connectivity index (χ4n) is 3.94. The Morgan fingerprint density at radius 2 is 2.03 bits per heavy atom. The highest BCUT2D eigenvalue weighted by molar-refractivity contribution is 5.90. The number of hydrogen-bond donors (Lipinski definition) is 2. The molecule has 3 N–H and O–H groups in total. The number of amidine groups is 1. The number of halogens is 1. The number of anilines is 1. The van der Waals surface area contributed by atoms with Crippen LogP contribution in [0.4, 0.5) is 14.9 Å². The number of carbonyl (C=O) groups is 1. The standard InChI is InChI=1S/C22H26FN5O3/c1-26(2)25-21(9-24)27-10-15-4-3-14(7-16(15)11-27)19-6-5-17(8-20(19)23)28-12-18(13-29)31-22(28)30/h3-8,18,29H,9-13,24H2,1-2H3/b25-21-. The molecular formula is C22H26FN5O3. The number of amides is 1. The van der Waals surface area contributed by atoms with Crippen molar-refractivity contribution in [3.63, 3.8) is 0 Å². The van der Waals surface area contributed by atoms with Gasteiger partial charge in [0.1, 0.15) is 17.8 Å². The van der Waals surface area contributed by atoms with Gasteiger partial charge in [-0.25, -0.2) is 9.18 Å². The molecule has 2 aliphatic rings. The molecule has 2 aromatic rings. The first kappa shape index (κ1) is 21.1. The molecule has 0 saturated carbocycles. The minimum atomic E-state index is -0.593. The van der Waals surface area contributed by atoms with Gasteiger partial charge in [-0.1, -0.05) is 12.1 Å². The van der Waals surface area contributed by atoms with Crippen molar-refractivity contribution in [1.82, 2.24) is 9.91 Å². The van der Waals surface area contributed by atoms with E-state index >= 15 is 0 Å². The molecule has 9 heteroatoms. The van der Waals surface area contributed by atoms with Crippen molar-refractivity contribution in [3.05, 3.63) is 53.3 Å². The van der Waals surface area contributed by atoms with Crippen molar-refractivity contribution >= 4 is 17.6 Å². The molecule has 2 aliphatic heterocycles. The van der Waals surface area contributed by atoms with Gasteiger partial charge in [0, 0.05) is 32.7 Å². The average molecular weight is 427 g/mol. The van der Waals surface area contributed by atoms with Crippen molar-refractivity contribution in [3.8, 4) is 11.1 Å². The van der Waals surface area contributed by atoms with Gasteiger partial charge in [-0.2, -0.15) is 5.10 Å². The molecule has 2 heterocycles. The molecule has 1 saturated heterocycles. The van der Waals surface area contributed by atoms with Crippen LogP contribution in [-0.4, -0.2) is 66.8 Å². The number of hydrogen-bond acceptors (Lipinski definition) is 6. The summed E-state index contributed by atoms with van der Waals surface area (Å²) < 4.78 is 20.0. The number of fused-ring (bicyclic) bond motifs is 1. The Hall–Kier alpha value is -3.17. The summed E-state index contributed by atoms with van der Waals surface area (Å²) in [5.41, 5.74) is 9.76. The minimum absolute atomic E-state index is 0.195. The normalized spacial score (nSPS) is 18.4. The van der Waals surface area contributed by atoms with Gasteiger partial charge in [-0.05, 0) is 41.0 Å². The van der Waals surface area contributed by atoms with E-state index in [1.54, 1.807) is 17.1 Å². The molecular weight excluding hydrogens is 401 g/mol. The summed E-state index contributed by atoms with van der Waals surface area (Å²) in [4.78, 5) is 15.4. The number of carbonyl (C=O) groups excluding carboxylic acids is 1. The molecule has 1 fully saturated rings. The van der Waals surface area contributed by atoms with Crippen molar-refractivity contribution in [2.75, 3.05) is 38.7 Å². The van der Waals surface area contributed by atoms with Crippen LogP contribution in [0, 0.1) is 5.82 Å². The van der Waals surface area contributed by atoms with Crippen molar-refractivity contribution < 1.29 is 19.0 Å². The average Bonchev–Trinajstić information content (AvgIpc) is 3.34. The highest BCUT2D eigenvalue weighted by atomic mass is 19.1. The quantitative estimate of drug-likeness (QED) is 0.430. The summed E-state index contributed by atoms with van der Waals surface area (Å²) in [5, 5.41) is 15.4. The Balaban J connectivity index is 1.56. The Labute approximate surface area is 180 Å². The number of aliphatic hydroxyl groups excluding tert-OH is 1. The van der Waals surface area contributed by atoms with Crippen LogP contribution >= 0.6 is 0 Å². The lowest BCUT2D eigenvalue weighted by Gasteiger charge is -2.20. The van der Waals surface area contributed by atoms with Gasteiger partial charge in [0.15, 0.2) is 0 Å². The zero-order chi connectivity index (χ0) is 22.1. The molecule has 0 aromatic heterocycles. The van der Waals surface area contributed by atoms with Gasteiger partial charge in [0.2, 0.25) is 0 Å². The maximum absolute atomic E-state index is 15.0. The molecule has 4 rings (SSSR count). The maximum Gasteiger partial charge on any atom is 0.414 e. The van der Waals surface area contributed by atoms with Gasteiger partial charge >= 0.3 is 6.09 Å². The maximum atomic E-state index is 15.0. The van der Waals surface area contributed by atoms with Crippen LogP contribution in [0.1, 0.15) is 11.1 Å². The summed E-state index contributed by atoms with van der Waals surface area (Å²) in [5.74, 6) is 0.376. The number of aliphatic hydroxyl groups is 1. The highest BCUT2D eigenvalue weighted by Gasteiger charge is 2.32. The third kappa shape index (κ3) is 4.19. The van der Waals surface area contributed by atoms with Crippen molar-refractivity contribution in [1.29, 1.82) is 0 Å². The zero-order valence-electron chi connectivity index (χ0n) is 17.6. The summed E-state index contributed by atoms with van der Waals surface area (Å²) in [6.07, 6.45) is -1.18. The van der Waals surface area contributed by atoms with E-state index in [-0.39, 0.29) is 13.2 Å². The van der Waals surface area contributed by atoms with Crippen LogP contribution < -0.4 is 10.6 Å². The molecule has 1 unspecified atom stereocenters. The molecule has 2 aromatic carbocycles. The molecule has 164 valence electrons. The van der Waals surface area contributed by atoms with Crippen LogP contribution in [0.5, 0.6) is 0 Å². The fourth-order valence-corrected chi connectivity index (χ4v) is 3.94. The van der Waals surface area contributed by atoms with Crippen molar-refractivity contribution in [2.24, 2.45) is 10.8 Å². The van der Waals surface area contributed by atoms with Gasteiger partial charge in [0.05, 0.1) is 25.4 Å². The molecule has 1 amide bonds. The van der Waals surface area contributed by atoms with E-state index in [2.05, 4.69) is 10.0 Å². The number of benzene rings is 2. The predicted octanol–water partition coefficient (Wildman–Crippen LogP) is 1.96. The monoisotopic (exact) mass is 427 g/mol. The third-order valence-electron chi connectivity index (χ3n) is 5.44. The van der Waals surface area contributed by atoms with Crippen molar-refractivity contribution in [2.45, 2.75) is 19.2 Å². The summed E-state index contributed by atoms with van der Waals surface area (Å²) in [7, 11) is 3.71. The first-order valence-corrected chi connectivity index (χ1v) is 10.1. The highest BCUT2D eigenvalue weighted by Crippen LogP contribution is 2.32. The summed E-state index contributed by atoms with van der Waals surface area (Å²) in [6, 6.07) is 10.6. The summed E-state index contributed by atoms with van der Waals surface area (Å²) in [6.45, 7) is 1.64. The smallest absolute Gasteiger partial charge is 0.414 e. The van der Waals surface area contributed by atoms with Gasteiger partial charge in [-0.3, -0.25) is 4.90 Å². The van der Waals surface area contributed by atoms with Crippen LogP contribution in [0.15, 0.2) is 41.5 Å². The number of ether oxygens (including phenoxy) is 1. The Morgan fingerprint density at radius 3 is 2.68 bits per heavy atom. The van der Waals surface area contributed by atoms with E-state index in [1.165, 1.54) is 11.0 Å². The number of cyclic esters (lactones) is 1. The van der Waals surface area contributed by atoms with E-state index in [9.17, 15) is 14.3 Å².